The van der Waals surface area contributed by atoms with Gasteiger partial charge in [0.25, 0.3) is 0 Å². The van der Waals surface area contributed by atoms with Gasteiger partial charge < -0.3 is 14.4 Å². The molecule has 10 heteroatoms. The number of amides is 1. The molecule has 0 aliphatic rings. The summed E-state index contributed by atoms with van der Waals surface area (Å²) < 4.78 is 40.2. The van der Waals surface area contributed by atoms with Gasteiger partial charge in [-0.3, -0.25) is 9.69 Å². The molecule has 2 atom stereocenters. The van der Waals surface area contributed by atoms with Crippen LogP contribution in [0.1, 0.15) is 37.8 Å². The number of carbonyl (C=O) groups excluding carboxylic acids is 2. The first-order valence-electron chi connectivity index (χ1n) is 14.5. The van der Waals surface area contributed by atoms with Crippen LogP contribution >= 0.6 is 0 Å². The van der Waals surface area contributed by atoms with Gasteiger partial charge in [0.05, 0.1) is 6.54 Å². The van der Waals surface area contributed by atoms with Crippen LogP contribution < -0.4 is 14.4 Å². The Labute approximate surface area is 255 Å². The molecule has 0 fully saturated rings. The number of nitrogens with zero attached hydrogens (tertiary/aromatic N) is 2. The van der Waals surface area contributed by atoms with Gasteiger partial charge in [-0.25, -0.2) is 17.9 Å². The van der Waals surface area contributed by atoms with E-state index in [9.17, 15) is 18.0 Å². The van der Waals surface area contributed by atoms with Crippen molar-refractivity contribution in [3.05, 3.63) is 96.1 Å². The molecule has 1 amide bonds. The molecule has 9 nitrogen and oxygen atoms in total. The summed E-state index contributed by atoms with van der Waals surface area (Å²) in [5.41, 5.74) is 2.75. The molecule has 3 rings (SSSR count). The Bertz CT molecular complexity index is 1400. The van der Waals surface area contributed by atoms with Gasteiger partial charge in [-0.2, -0.15) is 0 Å². The molecule has 3 aromatic carbocycles. The molecule has 3 aromatic rings. The van der Waals surface area contributed by atoms with Crippen molar-refractivity contribution in [2.24, 2.45) is 5.92 Å². The number of ether oxygens (including phenoxy) is 2. The van der Waals surface area contributed by atoms with E-state index in [1.807, 2.05) is 112 Å². The molecular weight excluding hydrogens is 566 g/mol. The van der Waals surface area contributed by atoms with Crippen LogP contribution in [0.5, 0.6) is 5.75 Å². The highest BCUT2D eigenvalue weighted by Crippen LogP contribution is 2.22. The minimum absolute atomic E-state index is 0.0259. The molecule has 43 heavy (non-hydrogen) atoms. The summed E-state index contributed by atoms with van der Waals surface area (Å²) in [6.07, 6.45) is 0.0815. The number of rotatable bonds is 17. The SMILES string of the molecule is CCC(C)CN(CS(=O)(=O)NCC(=O)C(CCc1ccccc1)Oc1cccc(N(C)C)c1)C(=O)OCc1ccccc1. The van der Waals surface area contributed by atoms with Gasteiger partial charge >= 0.3 is 6.09 Å². The fourth-order valence-electron chi connectivity index (χ4n) is 4.27. The van der Waals surface area contributed by atoms with Gasteiger partial charge in [-0.1, -0.05) is 87.0 Å². The van der Waals surface area contributed by atoms with E-state index in [0.717, 1.165) is 23.2 Å². The smallest absolute Gasteiger partial charge is 0.411 e. The number of benzene rings is 3. The maximum Gasteiger partial charge on any atom is 0.411 e. The standard InChI is InChI=1S/C33H43N3O6S/c1-5-26(2)23-36(33(38)41-24-28-15-10-7-11-16-28)25-43(39,40)34-22-31(37)32(20-19-27-13-8-6-9-14-27)42-30-18-12-17-29(21-30)35(3)4/h6-18,21,26,32,34H,5,19-20,22-25H2,1-4H3. The second-order valence-electron chi connectivity index (χ2n) is 10.8. The molecule has 0 spiro atoms. The fourth-order valence-corrected chi connectivity index (χ4v) is 5.34. The van der Waals surface area contributed by atoms with Crippen LogP contribution in [0.4, 0.5) is 10.5 Å². The quantitative estimate of drug-likeness (QED) is 0.223. The second kappa shape index (κ2) is 16.7. The maximum atomic E-state index is 13.4. The van der Waals surface area contributed by atoms with Crippen LogP contribution in [-0.4, -0.2) is 64.4 Å². The van der Waals surface area contributed by atoms with Crippen molar-refractivity contribution in [1.82, 2.24) is 9.62 Å². The van der Waals surface area contributed by atoms with Gasteiger partial charge in [-0.15, -0.1) is 0 Å². The lowest BCUT2D eigenvalue weighted by atomic mass is 10.0. The van der Waals surface area contributed by atoms with Crippen molar-refractivity contribution >= 4 is 27.6 Å². The topological polar surface area (TPSA) is 105 Å². The lowest BCUT2D eigenvalue weighted by molar-refractivity contribution is -0.124. The lowest BCUT2D eigenvalue weighted by Crippen LogP contribution is -2.45. The summed E-state index contributed by atoms with van der Waals surface area (Å²) in [6.45, 7) is 3.65. The van der Waals surface area contributed by atoms with E-state index < -0.39 is 40.4 Å². The first-order valence-corrected chi connectivity index (χ1v) is 16.1. The van der Waals surface area contributed by atoms with Gasteiger partial charge in [0.2, 0.25) is 10.0 Å². The zero-order chi connectivity index (χ0) is 31.2. The predicted octanol–water partition coefficient (Wildman–Crippen LogP) is 5.26. The van der Waals surface area contributed by atoms with Crippen LogP contribution in [0.3, 0.4) is 0 Å². The van der Waals surface area contributed by atoms with Crippen LogP contribution in [0.25, 0.3) is 0 Å². The molecule has 0 aliphatic heterocycles. The normalized spacial score (nSPS) is 12.7. The van der Waals surface area contributed by atoms with E-state index in [0.29, 0.717) is 18.6 Å². The van der Waals surface area contributed by atoms with Crippen molar-refractivity contribution in [3.8, 4) is 5.75 Å². The lowest BCUT2D eigenvalue weighted by Gasteiger charge is -2.25. The average Bonchev–Trinajstić information content (AvgIpc) is 3.01. The Kier molecular flexibility index (Phi) is 13.0. The highest BCUT2D eigenvalue weighted by atomic mass is 32.2. The molecule has 0 aliphatic carbocycles. The number of hydrogen-bond donors (Lipinski definition) is 1. The first kappa shape index (κ1) is 33.6. The Morgan fingerprint density at radius 2 is 1.56 bits per heavy atom. The van der Waals surface area contributed by atoms with Crippen molar-refractivity contribution in [2.75, 3.05) is 38.0 Å². The number of ketones is 1. The van der Waals surface area contributed by atoms with E-state index in [1.54, 1.807) is 6.07 Å². The molecule has 0 radical (unpaired) electrons. The number of nitrogens with one attached hydrogen (secondary N) is 1. The fraction of sp³-hybridized carbons (Fsp3) is 0.394. The summed E-state index contributed by atoms with van der Waals surface area (Å²) in [5, 5.41) is 0. The van der Waals surface area contributed by atoms with E-state index in [4.69, 9.17) is 9.47 Å². The molecule has 0 aromatic heterocycles. The van der Waals surface area contributed by atoms with Gasteiger partial charge in [0, 0.05) is 32.4 Å². The molecule has 232 valence electrons. The Morgan fingerprint density at radius 1 is 0.907 bits per heavy atom. The third-order valence-corrected chi connectivity index (χ3v) is 8.23. The molecule has 0 bridgehead atoms. The highest BCUT2D eigenvalue weighted by Gasteiger charge is 2.27. The summed E-state index contributed by atoms with van der Waals surface area (Å²) in [6, 6.07) is 26.3. The van der Waals surface area contributed by atoms with Crippen LogP contribution in [-0.2, 0) is 32.6 Å². The number of aryl methyl sites for hydroxylation is 1. The minimum Gasteiger partial charge on any atom is -0.483 e. The van der Waals surface area contributed by atoms with E-state index in [1.165, 1.54) is 4.90 Å². The largest absolute Gasteiger partial charge is 0.483 e. The number of Topliss-reactive ketones (excluding diaryl/α,β-unsaturated/α-hetero) is 1. The minimum atomic E-state index is -4.06. The second-order valence-corrected chi connectivity index (χ2v) is 12.6. The Balaban J connectivity index is 1.68. The molecule has 0 heterocycles. The Morgan fingerprint density at radius 3 is 2.19 bits per heavy atom. The van der Waals surface area contributed by atoms with Gasteiger partial charge in [0.1, 0.15) is 18.2 Å². The number of anilines is 1. The van der Waals surface area contributed by atoms with Crippen LogP contribution in [0, 0.1) is 5.92 Å². The zero-order valence-corrected chi connectivity index (χ0v) is 26.3. The number of sulfonamides is 1. The predicted molar refractivity (Wildman–Crippen MR) is 170 cm³/mol. The van der Waals surface area contributed by atoms with Gasteiger partial charge in [0.15, 0.2) is 11.9 Å². The van der Waals surface area contributed by atoms with Crippen LogP contribution in [0.2, 0.25) is 0 Å². The molecule has 0 saturated heterocycles. The molecular formula is C33H43N3O6S. The third-order valence-electron chi connectivity index (χ3n) is 6.99. The number of carbonyl (C=O) groups is 2. The van der Waals surface area contributed by atoms with E-state index in [2.05, 4.69) is 4.72 Å². The van der Waals surface area contributed by atoms with Crippen molar-refractivity contribution < 1.29 is 27.5 Å². The summed E-state index contributed by atoms with van der Waals surface area (Å²) >= 11 is 0. The molecule has 2 unspecified atom stereocenters. The van der Waals surface area contributed by atoms with E-state index in [-0.39, 0.29) is 19.1 Å². The summed E-state index contributed by atoms with van der Waals surface area (Å²) in [7, 11) is -0.236. The molecule has 1 N–H and O–H groups in total. The number of hydrogen-bond acceptors (Lipinski definition) is 7. The summed E-state index contributed by atoms with van der Waals surface area (Å²) in [4.78, 5) is 29.4. The third kappa shape index (κ3) is 11.7. The zero-order valence-electron chi connectivity index (χ0n) is 25.4. The van der Waals surface area contributed by atoms with Crippen LogP contribution in [0.15, 0.2) is 84.9 Å². The van der Waals surface area contributed by atoms with Gasteiger partial charge in [-0.05, 0) is 42.0 Å². The van der Waals surface area contributed by atoms with Crippen molar-refractivity contribution in [1.29, 1.82) is 0 Å². The summed E-state index contributed by atoms with van der Waals surface area (Å²) in [5.74, 6) is -0.468. The average molecular weight is 610 g/mol. The molecule has 0 saturated carbocycles. The highest BCUT2D eigenvalue weighted by molar-refractivity contribution is 7.89. The monoisotopic (exact) mass is 609 g/mol. The van der Waals surface area contributed by atoms with E-state index >= 15 is 0 Å². The Hall–Kier alpha value is -3.89. The van der Waals surface area contributed by atoms with Crippen molar-refractivity contribution in [2.45, 2.75) is 45.8 Å². The first-order chi connectivity index (χ1) is 20.6. The maximum absolute atomic E-state index is 13.4. The van der Waals surface area contributed by atoms with Crippen molar-refractivity contribution in [3.63, 3.8) is 0 Å².